The molecule has 1 atom stereocenters. The van der Waals surface area contributed by atoms with Crippen molar-refractivity contribution in [3.63, 3.8) is 0 Å². The molecule has 0 aliphatic carbocycles. The molecule has 118 valence electrons. The molecule has 1 fully saturated rings. The third-order valence-electron chi connectivity index (χ3n) is 4.03. The highest BCUT2D eigenvalue weighted by molar-refractivity contribution is 5.67. The number of fused-ring (bicyclic) bond motifs is 3. The summed E-state index contributed by atoms with van der Waals surface area (Å²) in [6, 6.07) is 0.216. The Balaban J connectivity index is 2.11. The fourth-order valence-corrected chi connectivity index (χ4v) is 3.00. The van der Waals surface area contributed by atoms with Gasteiger partial charge in [-0.05, 0) is 18.9 Å². The van der Waals surface area contributed by atoms with E-state index in [2.05, 4.69) is 23.0 Å². The summed E-state index contributed by atoms with van der Waals surface area (Å²) >= 11 is 0. The fraction of sp³-hybridized carbons (Fsp3) is 0.529. The van der Waals surface area contributed by atoms with Crippen LogP contribution in [0.1, 0.15) is 30.4 Å². The van der Waals surface area contributed by atoms with Gasteiger partial charge in [-0.25, -0.2) is 9.97 Å². The largest absolute Gasteiger partial charge is 0.379 e. The molecule has 3 heterocycles. The van der Waals surface area contributed by atoms with Crippen molar-refractivity contribution in [1.29, 1.82) is 0 Å². The van der Waals surface area contributed by atoms with Crippen molar-refractivity contribution in [2.75, 3.05) is 31.3 Å². The van der Waals surface area contributed by atoms with Crippen molar-refractivity contribution in [2.45, 2.75) is 32.4 Å². The molecule has 1 unspecified atom stereocenters. The highest BCUT2D eigenvalue weighted by Crippen LogP contribution is 2.31. The predicted molar refractivity (Wildman–Crippen MR) is 86.9 cm³/mol. The Morgan fingerprint density at radius 2 is 2.18 bits per heavy atom. The van der Waals surface area contributed by atoms with Crippen LogP contribution >= 0.6 is 0 Å². The maximum absolute atomic E-state index is 5.87. The lowest BCUT2D eigenvalue weighted by molar-refractivity contribution is 0.0730. The van der Waals surface area contributed by atoms with Crippen molar-refractivity contribution in [3.8, 4) is 0 Å². The normalized spacial score (nSPS) is 21.3. The van der Waals surface area contributed by atoms with E-state index in [1.165, 1.54) is 0 Å². The van der Waals surface area contributed by atoms with Crippen LogP contribution in [0.3, 0.4) is 0 Å². The number of aromatic nitrogens is 2. The van der Waals surface area contributed by atoms with Crippen LogP contribution in [-0.2, 0) is 22.5 Å². The summed E-state index contributed by atoms with van der Waals surface area (Å²) in [6.45, 7) is 13.4. The molecule has 0 amide bonds. The lowest BCUT2D eigenvalue weighted by Gasteiger charge is -2.29. The number of hydrogen-bond acceptors (Lipinski definition) is 5. The van der Waals surface area contributed by atoms with E-state index < -0.39 is 0 Å². The van der Waals surface area contributed by atoms with E-state index in [0.29, 0.717) is 26.2 Å². The molecule has 2 aliphatic heterocycles. The van der Waals surface area contributed by atoms with E-state index in [1.807, 2.05) is 13.0 Å². The topological polar surface area (TPSA) is 47.5 Å². The van der Waals surface area contributed by atoms with Crippen molar-refractivity contribution in [1.82, 2.24) is 9.97 Å². The van der Waals surface area contributed by atoms with Gasteiger partial charge in [-0.1, -0.05) is 12.7 Å². The molecule has 1 aromatic rings. The second-order valence-electron chi connectivity index (χ2n) is 5.85. The standard InChI is InChI=1S/C17H23N3O2/c1-4-6-15-18-16(12(2)3)14-11-22-10-13-9-21-8-5-7-20(13)17(14)19-15/h4,13H,1-2,5-11H2,3H3. The van der Waals surface area contributed by atoms with E-state index in [-0.39, 0.29) is 6.04 Å². The molecule has 1 aromatic heterocycles. The van der Waals surface area contributed by atoms with Crippen LogP contribution < -0.4 is 4.90 Å². The minimum atomic E-state index is 0.216. The molecule has 0 saturated carbocycles. The number of ether oxygens (including phenoxy) is 2. The van der Waals surface area contributed by atoms with Crippen molar-refractivity contribution < 1.29 is 9.47 Å². The first-order valence-corrected chi connectivity index (χ1v) is 7.79. The molecular formula is C17H23N3O2. The zero-order chi connectivity index (χ0) is 15.5. The SMILES string of the molecule is C=CCc1nc(C(=C)C)c2c(n1)N1CCCOCC1COC2. The van der Waals surface area contributed by atoms with Gasteiger partial charge in [0.15, 0.2) is 0 Å². The van der Waals surface area contributed by atoms with E-state index in [1.54, 1.807) is 0 Å². The predicted octanol–water partition coefficient (Wildman–Crippen LogP) is 2.36. The van der Waals surface area contributed by atoms with E-state index in [0.717, 1.165) is 48.0 Å². The van der Waals surface area contributed by atoms with Crippen molar-refractivity contribution >= 4 is 11.4 Å². The molecule has 0 radical (unpaired) electrons. The molecule has 2 aliphatic rings. The molecule has 3 rings (SSSR count). The van der Waals surface area contributed by atoms with Gasteiger partial charge < -0.3 is 14.4 Å². The van der Waals surface area contributed by atoms with E-state index in [4.69, 9.17) is 14.5 Å². The summed E-state index contributed by atoms with van der Waals surface area (Å²) in [5.41, 5.74) is 2.90. The first-order chi connectivity index (χ1) is 10.7. The second-order valence-corrected chi connectivity index (χ2v) is 5.85. The monoisotopic (exact) mass is 301 g/mol. The van der Waals surface area contributed by atoms with Crippen molar-refractivity contribution in [3.05, 3.63) is 36.3 Å². The Hall–Kier alpha value is -1.72. The smallest absolute Gasteiger partial charge is 0.138 e. The van der Waals surface area contributed by atoms with Crippen LogP contribution in [0, 0.1) is 0 Å². The van der Waals surface area contributed by atoms with Crippen LogP contribution in [0.2, 0.25) is 0 Å². The third-order valence-corrected chi connectivity index (χ3v) is 4.03. The van der Waals surface area contributed by atoms with Crippen LogP contribution in [0.15, 0.2) is 19.2 Å². The van der Waals surface area contributed by atoms with Gasteiger partial charge in [0.1, 0.15) is 11.6 Å². The van der Waals surface area contributed by atoms with Gasteiger partial charge in [-0.3, -0.25) is 0 Å². The summed E-state index contributed by atoms with van der Waals surface area (Å²) in [5, 5.41) is 0. The zero-order valence-corrected chi connectivity index (χ0v) is 13.2. The highest BCUT2D eigenvalue weighted by atomic mass is 16.5. The van der Waals surface area contributed by atoms with Gasteiger partial charge in [0.25, 0.3) is 0 Å². The number of anilines is 1. The number of rotatable bonds is 3. The average molecular weight is 301 g/mol. The van der Waals surface area contributed by atoms with Gasteiger partial charge in [-0.15, -0.1) is 6.58 Å². The summed E-state index contributed by atoms with van der Waals surface area (Å²) in [6.07, 6.45) is 3.49. The lowest BCUT2D eigenvalue weighted by atomic mass is 10.1. The zero-order valence-electron chi connectivity index (χ0n) is 13.2. The molecule has 1 saturated heterocycles. The molecule has 0 spiro atoms. The summed E-state index contributed by atoms with van der Waals surface area (Å²) in [7, 11) is 0. The van der Waals surface area contributed by atoms with Crippen LogP contribution in [0.5, 0.6) is 0 Å². The van der Waals surface area contributed by atoms with Gasteiger partial charge >= 0.3 is 0 Å². The Labute approximate surface area is 131 Å². The fourth-order valence-electron chi connectivity index (χ4n) is 3.00. The molecular weight excluding hydrogens is 278 g/mol. The summed E-state index contributed by atoms with van der Waals surface area (Å²) in [4.78, 5) is 11.8. The third kappa shape index (κ3) is 2.91. The van der Waals surface area contributed by atoms with Crippen molar-refractivity contribution in [2.24, 2.45) is 0 Å². The Morgan fingerprint density at radius 3 is 2.95 bits per heavy atom. The van der Waals surface area contributed by atoms with Gasteiger partial charge in [0.2, 0.25) is 0 Å². The van der Waals surface area contributed by atoms with Crippen LogP contribution in [0.4, 0.5) is 5.82 Å². The molecule has 5 heteroatoms. The lowest BCUT2D eigenvalue weighted by Crippen LogP contribution is -2.40. The quantitative estimate of drug-likeness (QED) is 0.802. The van der Waals surface area contributed by atoms with E-state index >= 15 is 0 Å². The molecule has 5 nitrogen and oxygen atoms in total. The van der Waals surface area contributed by atoms with Gasteiger partial charge in [0, 0.05) is 25.1 Å². The highest BCUT2D eigenvalue weighted by Gasteiger charge is 2.30. The number of hydrogen-bond donors (Lipinski definition) is 0. The minimum Gasteiger partial charge on any atom is -0.379 e. The van der Waals surface area contributed by atoms with Crippen LogP contribution in [0.25, 0.3) is 5.57 Å². The minimum absolute atomic E-state index is 0.216. The summed E-state index contributed by atoms with van der Waals surface area (Å²) in [5.74, 6) is 1.77. The Morgan fingerprint density at radius 1 is 1.36 bits per heavy atom. The second kappa shape index (κ2) is 6.58. The Bertz CT molecular complexity index is 586. The number of allylic oxidation sites excluding steroid dienone is 2. The van der Waals surface area contributed by atoms with Gasteiger partial charge in [-0.2, -0.15) is 0 Å². The first kappa shape index (κ1) is 15.2. The van der Waals surface area contributed by atoms with Gasteiger partial charge in [0.05, 0.1) is 31.6 Å². The molecule has 22 heavy (non-hydrogen) atoms. The molecule has 0 aromatic carbocycles. The Kier molecular flexibility index (Phi) is 4.55. The van der Waals surface area contributed by atoms with Crippen LogP contribution in [-0.4, -0.2) is 42.4 Å². The van der Waals surface area contributed by atoms with E-state index in [9.17, 15) is 0 Å². The average Bonchev–Trinajstić information content (AvgIpc) is 2.81. The number of nitrogens with zero attached hydrogens (tertiary/aromatic N) is 3. The molecule has 0 N–H and O–H groups in total. The maximum atomic E-state index is 5.87. The maximum Gasteiger partial charge on any atom is 0.138 e. The summed E-state index contributed by atoms with van der Waals surface area (Å²) < 4.78 is 11.6. The molecule has 0 bridgehead atoms. The first-order valence-electron chi connectivity index (χ1n) is 7.79.